The number of benzene rings is 3. The second-order valence-corrected chi connectivity index (χ2v) is 7.55. The highest BCUT2D eigenvalue weighted by molar-refractivity contribution is 6.10. The molecular weight excluding hydrogens is 426 g/mol. The number of carbonyl (C=O) groups excluding carboxylic acids is 2. The number of rotatable bonds is 7. The van der Waals surface area contributed by atoms with Crippen LogP contribution in [0.4, 0.5) is 16.2 Å². The fraction of sp³-hybridized carbons (Fsp3) is 0.167. The van der Waals surface area contributed by atoms with Crippen molar-refractivity contribution in [3.8, 4) is 0 Å². The number of hydrogen-bond acceptors (Lipinski definition) is 4. The number of carboxylic acid groups (broad SMARTS) is 2. The molecule has 5 N–H and O–H groups in total. The maximum atomic E-state index is 12.9. The van der Waals surface area contributed by atoms with E-state index >= 15 is 0 Å². The molecule has 0 bridgehead atoms. The Hall–Kier alpha value is -4.40. The standard InChI is InChI=1S/C24H23N3O6/c1-13-6-5-7-14(2)21(13)27-24(33)26-18-11-16-9-4-3-8-15(16)10-17(18)22(30)25-19(23(31)32)12-20(28)29/h3-11,19H,12H2,1-2H3,(H,25,30)(H,28,29)(H,31,32)(H2,26,27,33)/t19-/m0/s1. The third-order valence-electron chi connectivity index (χ3n) is 5.08. The number of carboxylic acids is 2. The summed E-state index contributed by atoms with van der Waals surface area (Å²) in [5.74, 6) is -3.67. The minimum Gasteiger partial charge on any atom is -0.481 e. The van der Waals surface area contributed by atoms with Crippen molar-refractivity contribution >= 4 is 46.0 Å². The van der Waals surface area contributed by atoms with E-state index in [1.54, 1.807) is 30.3 Å². The van der Waals surface area contributed by atoms with Gasteiger partial charge >= 0.3 is 18.0 Å². The summed E-state index contributed by atoms with van der Waals surface area (Å²) in [4.78, 5) is 48.0. The van der Waals surface area contributed by atoms with Gasteiger partial charge in [-0.1, -0.05) is 42.5 Å². The largest absolute Gasteiger partial charge is 0.481 e. The second-order valence-electron chi connectivity index (χ2n) is 7.55. The van der Waals surface area contributed by atoms with Gasteiger partial charge < -0.3 is 26.2 Å². The molecular formula is C24H23N3O6. The molecule has 0 saturated carbocycles. The number of para-hydroxylation sites is 1. The van der Waals surface area contributed by atoms with E-state index in [0.29, 0.717) is 11.1 Å². The molecule has 0 spiro atoms. The normalized spacial score (nSPS) is 11.5. The van der Waals surface area contributed by atoms with Crippen molar-refractivity contribution in [3.63, 3.8) is 0 Å². The fourth-order valence-electron chi connectivity index (χ4n) is 3.42. The molecule has 0 aliphatic carbocycles. The third-order valence-corrected chi connectivity index (χ3v) is 5.08. The van der Waals surface area contributed by atoms with Gasteiger partial charge in [0.25, 0.3) is 5.91 Å². The van der Waals surface area contributed by atoms with Crippen LogP contribution in [0.25, 0.3) is 10.8 Å². The van der Waals surface area contributed by atoms with E-state index in [1.165, 1.54) is 6.07 Å². The zero-order valence-corrected chi connectivity index (χ0v) is 18.0. The van der Waals surface area contributed by atoms with Crippen LogP contribution in [0.1, 0.15) is 27.9 Å². The summed E-state index contributed by atoms with van der Waals surface area (Å²) >= 11 is 0. The molecule has 0 aromatic heterocycles. The maximum absolute atomic E-state index is 12.9. The first-order valence-electron chi connectivity index (χ1n) is 10.1. The number of urea groups is 1. The molecule has 0 saturated heterocycles. The van der Waals surface area contributed by atoms with E-state index in [1.807, 2.05) is 32.0 Å². The van der Waals surface area contributed by atoms with Gasteiger partial charge in [0, 0.05) is 5.69 Å². The zero-order valence-electron chi connectivity index (χ0n) is 18.0. The number of amides is 3. The summed E-state index contributed by atoms with van der Waals surface area (Å²) in [6.45, 7) is 3.71. The summed E-state index contributed by atoms with van der Waals surface area (Å²) in [7, 11) is 0. The number of anilines is 2. The molecule has 0 aliphatic heterocycles. The van der Waals surface area contributed by atoms with Crippen LogP contribution in [-0.2, 0) is 9.59 Å². The lowest BCUT2D eigenvalue weighted by atomic mass is 10.0. The number of hydrogen-bond donors (Lipinski definition) is 5. The van der Waals surface area contributed by atoms with Gasteiger partial charge in [-0.3, -0.25) is 9.59 Å². The topological polar surface area (TPSA) is 145 Å². The Bertz CT molecular complexity index is 1230. The lowest BCUT2D eigenvalue weighted by molar-refractivity contribution is -0.145. The average Bonchev–Trinajstić information content (AvgIpc) is 2.75. The molecule has 0 radical (unpaired) electrons. The van der Waals surface area contributed by atoms with Crippen LogP contribution in [0.2, 0.25) is 0 Å². The molecule has 1 atom stereocenters. The Kier molecular flexibility index (Phi) is 6.92. The zero-order chi connectivity index (χ0) is 24.1. The SMILES string of the molecule is Cc1cccc(C)c1NC(=O)Nc1cc2ccccc2cc1C(=O)N[C@@H](CC(=O)O)C(=O)O. The van der Waals surface area contributed by atoms with Gasteiger partial charge in [0.15, 0.2) is 0 Å². The predicted molar refractivity (Wildman–Crippen MR) is 124 cm³/mol. The monoisotopic (exact) mass is 449 g/mol. The van der Waals surface area contributed by atoms with Crippen LogP contribution >= 0.6 is 0 Å². The molecule has 33 heavy (non-hydrogen) atoms. The predicted octanol–water partition coefficient (Wildman–Crippen LogP) is 3.76. The van der Waals surface area contributed by atoms with Gasteiger partial charge in [0.2, 0.25) is 0 Å². The van der Waals surface area contributed by atoms with Crippen LogP contribution in [0.3, 0.4) is 0 Å². The molecule has 3 aromatic rings. The number of aryl methyl sites for hydroxylation is 2. The van der Waals surface area contributed by atoms with Crippen LogP contribution in [0.15, 0.2) is 54.6 Å². The Morgan fingerprint density at radius 3 is 2.03 bits per heavy atom. The Balaban J connectivity index is 1.94. The third kappa shape index (κ3) is 5.65. The van der Waals surface area contributed by atoms with Crippen molar-refractivity contribution in [2.45, 2.75) is 26.3 Å². The molecule has 0 aliphatic rings. The minimum atomic E-state index is -1.63. The van der Waals surface area contributed by atoms with Crippen molar-refractivity contribution in [1.82, 2.24) is 5.32 Å². The highest BCUT2D eigenvalue weighted by Gasteiger charge is 2.25. The maximum Gasteiger partial charge on any atom is 0.326 e. The van der Waals surface area contributed by atoms with Crippen LogP contribution in [-0.4, -0.2) is 40.1 Å². The number of aliphatic carboxylic acids is 2. The summed E-state index contributed by atoms with van der Waals surface area (Å²) in [6.07, 6.45) is -0.787. The summed E-state index contributed by atoms with van der Waals surface area (Å²) in [6, 6.07) is 13.6. The molecule has 3 rings (SSSR count). The van der Waals surface area contributed by atoms with E-state index in [-0.39, 0.29) is 11.3 Å². The lowest BCUT2D eigenvalue weighted by Crippen LogP contribution is -2.42. The quantitative estimate of drug-likeness (QED) is 0.371. The van der Waals surface area contributed by atoms with Gasteiger partial charge in [-0.15, -0.1) is 0 Å². The van der Waals surface area contributed by atoms with E-state index in [4.69, 9.17) is 5.11 Å². The summed E-state index contributed by atoms with van der Waals surface area (Å²) in [5, 5.41) is 27.3. The highest BCUT2D eigenvalue weighted by atomic mass is 16.4. The molecule has 0 fully saturated rings. The Morgan fingerprint density at radius 1 is 0.848 bits per heavy atom. The minimum absolute atomic E-state index is 0.00185. The van der Waals surface area contributed by atoms with Gasteiger partial charge in [0.05, 0.1) is 17.7 Å². The van der Waals surface area contributed by atoms with Gasteiger partial charge in [0.1, 0.15) is 6.04 Å². The number of nitrogens with one attached hydrogen (secondary N) is 3. The molecule has 3 amide bonds. The Labute approximate surface area is 189 Å². The molecule has 0 unspecified atom stereocenters. The van der Waals surface area contributed by atoms with Crippen molar-refractivity contribution in [2.24, 2.45) is 0 Å². The fourth-order valence-corrected chi connectivity index (χ4v) is 3.42. The molecule has 0 heterocycles. The molecule has 170 valence electrons. The van der Waals surface area contributed by atoms with Crippen molar-refractivity contribution in [2.75, 3.05) is 10.6 Å². The van der Waals surface area contributed by atoms with E-state index in [9.17, 15) is 24.3 Å². The smallest absolute Gasteiger partial charge is 0.326 e. The van der Waals surface area contributed by atoms with Gasteiger partial charge in [-0.2, -0.15) is 0 Å². The summed E-state index contributed by atoms with van der Waals surface area (Å²) < 4.78 is 0. The van der Waals surface area contributed by atoms with Gasteiger partial charge in [-0.25, -0.2) is 9.59 Å². The molecule has 9 nitrogen and oxygen atoms in total. The first-order valence-corrected chi connectivity index (χ1v) is 10.1. The second kappa shape index (κ2) is 9.82. The Morgan fingerprint density at radius 2 is 1.45 bits per heavy atom. The first kappa shape index (κ1) is 23.3. The van der Waals surface area contributed by atoms with Crippen LogP contribution < -0.4 is 16.0 Å². The van der Waals surface area contributed by atoms with Crippen LogP contribution in [0.5, 0.6) is 0 Å². The number of fused-ring (bicyclic) bond motifs is 1. The molecule has 3 aromatic carbocycles. The van der Waals surface area contributed by atoms with E-state index < -0.39 is 36.3 Å². The van der Waals surface area contributed by atoms with E-state index in [2.05, 4.69) is 16.0 Å². The van der Waals surface area contributed by atoms with Gasteiger partial charge in [-0.05, 0) is 47.9 Å². The van der Waals surface area contributed by atoms with Crippen LogP contribution in [0, 0.1) is 13.8 Å². The van der Waals surface area contributed by atoms with E-state index in [0.717, 1.165) is 16.5 Å². The van der Waals surface area contributed by atoms with Crippen molar-refractivity contribution in [1.29, 1.82) is 0 Å². The average molecular weight is 449 g/mol. The molecule has 9 heteroatoms. The van der Waals surface area contributed by atoms with Crippen molar-refractivity contribution in [3.05, 3.63) is 71.3 Å². The number of carbonyl (C=O) groups is 4. The summed E-state index contributed by atoms with van der Waals surface area (Å²) in [5.41, 5.74) is 2.50. The highest BCUT2D eigenvalue weighted by Crippen LogP contribution is 2.26. The first-order chi connectivity index (χ1) is 15.7. The lowest BCUT2D eigenvalue weighted by Gasteiger charge is -2.17. The van der Waals surface area contributed by atoms with Crippen molar-refractivity contribution < 1.29 is 29.4 Å².